The van der Waals surface area contributed by atoms with Crippen molar-refractivity contribution >= 4 is 11.5 Å². The van der Waals surface area contributed by atoms with Crippen LogP contribution in [0.25, 0.3) is 0 Å². The summed E-state index contributed by atoms with van der Waals surface area (Å²) >= 11 is 0. The van der Waals surface area contributed by atoms with Gasteiger partial charge < -0.3 is 15.8 Å². The zero-order valence-electron chi connectivity index (χ0n) is 12.9. The van der Waals surface area contributed by atoms with Crippen LogP contribution in [0.15, 0.2) is 12.1 Å². The predicted octanol–water partition coefficient (Wildman–Crippen LogP) is 3.55. The van der Waals surface area contributed by atoms with Crippen LogP contribution in [-0.2, 0) is 0 Å². The highest BCUT2D eigenvalue weighted by molar-refractivity contribution is 5.53. The molecular formula is C15H27N3O. The van der Waals surface area contributed by atoms with Crippen molar-refractivity contribution in [2.45, 2.75) is 47.6 Å². The highest BCUT2D eigenvalue weighted by Gasteiger charge is 2.20. The van der Waals surface area contributed by atoms with Gasteiger partial charge in [0.1, 0.15) is 5.82 Å². The summed E-state index contributed by atoms with van der Waals surface area (Å²) in [6.45, 7) is 13.5. The van der Waals surface area contributed by atoms with Crippen LogP contribution in [0.2, 0.25) is 0 Å². The molecule has 0 saturated heterocycles. The number of ether oxygens (including phenoxy) is 1. The van der Waals surface area contributed by atoms with Crippen molar-refractivity contribution in [1.29, 1.82) is 0 Å². The fourth-order valence-electron chi connectivity index (χ4n) is 1.33. The number of rotatable bonds is 5. The van der Waals surface area contributed by atoms with Gasteiger partial charge in [-0.1, -0.05) is 34.6 Å². The van der Waals surface area contributed by atoms with Crippen LogP contribution < -0.4 is 15.8 Å². The van der Waals surface area contributed by atoms with E-state index in [-0.39, 0.29) is 5.41 Å². The highest BCUT2D eigenvalue weighted by atomic mass is 16.5. The quantitative estimate of drug-likeness (QED) is 0.854. The molecule has 0 saturated carbocycles. The molecule has 1 rings (SSSR count). The molecular weight excluding hydrogens is 238 g/mol. The molecule has 4 heteroatoms. The van der Waals surface area contributed by atoms with E-state index in [1.165, 1.54) is 0 Å². The molecule has 0 aliphatic heterocycles. The van der Waals surface area contributed by atoms with Gasteiger partial charge in [-0.25, -0.2) is 0 Å². The van der Waals surface area contributed by atoms with Crippen molar-refractivity contribution in [1.82, 2.24) is 4.98 Å². The van der Waals surface area contributed by atoms with E-state index in [0.29, 0.717) is 30.1 Å². The second kappa shape index (κ2) is 6.13. The number of nitrogens with zero attached hydrogens (tertiary/aromatic N) is 1. The molecule has 108 valence electrons. The fourth-order valence-corrected chi connectivity index (χ4v) is 1.33. The third kappa shape index (κ3) is 4.97. The lowest BCUT2D eigenvalue weighted by Crippen LogP contribution is -2.31. The van der Waals surface area contributed by atoms with E-state index < -0.39 is 0 Å². The summed E-state index contributed by atoms with van der Waals surface area (Å²) in [6.07, 6.45) is 0. The number of nitrogens with one attached hydrogen (secondary N) is 1. The molecule has 0 aromatic carbocycles. The maximum absolute atomic E-state index is 5.88. The Hall–Kier alpha value is -1.45. The zero-order chi connectivity index (χ0) is 14.6. The molecule has 4 nitrogen and oxygen atoms in total. The minimum Gasteiger partial charge on any atom is -0.476 e. The van der Waals surface area contributed by atoms with Crippen LogP contribution in [0.4, 0.5) is 11.5 Å². The Morgan fingerprint density at radius 1 is 1.26 bits per heavy atom. The maximum atomic E-state index is 5.88. The average Bonchev–Trinajstić information content (AvgIpc) is 2.28. The second-order valence-electron chi connectivity index (χ2n) is 6.53. The summed E-state index contributed by atoms with van der Waals surface area (Å²) in [5.41, 5.74) is 6.62. The molecule has 1 aromatic heterocycles. The SMILES string of the molecule is CC(C)COc1nc(NC(C)C(C)(C)C)ccc1N. The smallest absolute Gasteiger partial charge is 0.239 e. The predicted molar refractivity (Wildman–Crippen MR) is 81.5 cm³/mol. The van der Waals surface area contributed by atoms with E-state index in [1.54, 1.807) is 0 Å². The fraction of sp³-hybridized carbons (Fsp3) is 0.667. The van der Waals surface area contributed by atoms with Crippen molar-refractivity contribution in [3.05, 3.63) is 12.1 Å². The Morgan fingerprint density at radius 2 is 1.89 bits per heavy atom. The summed E-state index contributed by atoms with van der Waals surface area (Å²) in [4.78, 5) is 4.44. The number of nitrogens with two attached hydrogens (primary N) is 1. The molecule has 1 unspecified atom stereocenters. The van der Waals surface area contributed by atoms with E-state index in [2.05, 4.69) is 51.8 Å². The summed E-state index contributed by atoms with van der Waals surface area (Å²) in [6, 6.07) is 4.03. The lowest BCUT2D eigenvalue weighted by atomic mass is 9.88. The summed E-state index contributed by atoms with van der Waals surface area (Å²) in [5.74, 6) is 1.77. The van der Waals surface area contributed by atoms with Crippen molar-refractivity contribution < 1.29 is 4.74 Å². The molecule has 1 aromatic rings. The van der Waals surface area contributed by atoms with Crippen LogP contribution in [0.5, 0.6) is 5.88 Å². The van der Waals surface area contributed by atoms with E-state index in [9.17, 15) is 0 Å². The van der Waals surface area contributed by atoms with Crippen LogP contribution in [0.1, 0.15) is 41.5 Å². The zero-order valence-corrected chi connectivity index (χ0v) is 12.9. The number of anilines is 2. The van der Waals surface area contributed by atoms with Crippen molar-refractivity contribution in [2.24, 2.45) is 11.3 Å². The molecule has 0 radical (unpaired) electrons. The van der Waals surface area contributed by atoms with E-state index in [0.717, 1.165) is 5.82 Å². The number of hydrogen-bond acceptors (Lipinski definition) is 4. The molecule has 0 aliphatic rings. The average molecular weight is 265 g/mol. The van der Waals surface area contributed by atoms with Gasteiger partial charge in [0.2, 0.25) is 5.88 Å². The molecule has 0 amide bonds. The Balaban J connectivity index is 2.78. The molecule has 0 spiro atoms. The lowest BCUT2D eigenvalue weighted by molar-refractivity contribution is 0.263. The first-order valence-electron chi connectivity index (χ1n) is 6.86. The largest absolute Gasteiger partial charge is 0.476 e. The molecule has 0 bridgehead atoms. The van der Waals surface area contributed by atoms with Gasteiger partial charge >= 0.3 is 0 Å². The van der Waals surface area contributed by atoms with E-state index >= 15 is 0 Å². The molecule has 0 aliphatic carbocycles. The lowest BCUT2D eigenvalue weighted by Gasteiger charge is -2.28. The first kappa shape index (κ1) is 15.6. The van der Waals surface area contributed by atoms with Gasteiger partial charge in [0.25, 0.3) is 0 Å². The van der Waals surface area contributed by atoms with Crippen LogP contribution in [0.3, 0.4) is 0 Å². The number of hydrogen-bond donors (Lipinski definition) is 2. The normalized spacial score (nSPS) is 13.4. The van der Waals surface area contributed by atoms with E-state index in [4.69, 9.17) is 10.5 Å². The van der Waals surface area contributed by atoms with Gasteiger partial charge in [0, 0.05) is 6.04 Å². The first-order chi connectivity index (χ1) is 8.70. The second-order valence-corrected chi connectivity index (χ2v) is 6.53. The number of aromatic nitrogens is 1. The molecule has 1 atom stereocenters. The Bertz CT molecular complexity index is 410. The van der Waals surface area contributed by atoms with Crippen molar-refractivity contribution in [3.63, 3.8) is 0 Å². The molecule has 1 heterocycles. The van der Waals surface area contributed by atoms with Crippen molar-refractivity contribution in [3.8, 4) is 5.88 Å². The minimum atomic E-state index is 0.169. The van der Waals surface area contributed by atoms with Gasteiger partial charge in [0.05, 0.1) is 12.3 Å². The Morgan fingerprint density at radius 3 is 2.42 bits per heavy atom. The molecule has 3 N–H and O–H groups in total. The first-order valence-corrected chi connectivity index (χ1v) is 6.86. The molecule has 0 fully saturated rings. The van der Waals surface area contributed by atoms with Gasteiger partial charge in [-0.15, -0.1) is 0 Å². The van der Waals surface area contributed by atoms with Crippen molar-refractivity contribution in [2.75, 3.05) is 17.7 Å². The standard InChI is InChI=1S/C15H27N3O/c1-10(2)9-19-14-12(16)7-8-13(18-14)17-11(3)15(4,5)6/h7-8,10-11H,9,16H2,1-6H3,(H,17,18). The third-order valence-electron chi connectivity index (χ3n) is 3.11. The third-order valence-corrected chi connectivity index (χ3v) is 3.11. The highest BCUT2D eigenvalue weighted by Crippen LogP contribution is 2.25. The molecule has 19 heavy (non-hydrogen) atoms. The number of nitrogen functional groups attached to an aromatic ring is 1. The van der Waals surface area contributed by atoms with Gasteiger partial charge in [-0.05, 0) is 30.4 Å². The van der Waals surface area contributed by atoms with Crippen LogP contribution in [-0.4, -0.2) is 17.6 Å². The number of pyridine rings is 1. The van der Waals surface area contributed by atoms with Gasteiger partial charge in [-0.2, -0.15) is 4.98 Å². The summed E-state index contributed by atoms with van der Waals surface area (Å²) < 4.78 is 5.63. The Labute approximate surface area is 116 Å². The van der Waals surface area contributed by atoms with Gasteiger partial charge in [0.15, 0.2) is 0 Å². The summed E-state index contributed by atoms with van der Waals surface area (Å²) in [7, 11) is 0. The van der Waals surface area contributed by atoms with E-state index in [1.807, 2.05) is 12.1 Å². The van der Waals surface area contributed by atoms with Crippen LogP contribution >= 0.6 is 0 Å². The Kier molecular flexibility index (Phi) is 5.04. The topological polar surface area (TPSA) is 60.2 Å². The maximum Gasteiger partial charge on any atom is 0.239 e. The summed E-state index contributed by atoms with van der Waals surface area (Å²) in [5, 5.41) is 3.39. The van der Waals surface area contributed by atoms with Crippen LogP contribution in [0, 0.1) is 11.3 Å². The minimum absolute atomic E-state index is 0.169. The monoisotopic (exact) mass is 265 g/mol. The van der Waals surface area contributed by atoms with Gasteiger partial charge in [-0.3, -0.25) is 0 Å².